The second-order valence-electron chi connectivity index (χ2n) is 4.80. The van der Waals surface area contributed by atoms with Crippen molar-refractivity contribution in [2.24, 2.45) is 0 Å². The third-order valence-electron chi connectivity index (χ3n) is 3.38. The molecule has 108 valence electrons. The number of piperazine rings is 1. The molecule has 1 aliphatic rings. The molecule has 0 bridgehead atoms. The molecule has 1 aromatic rings. The lowest BCUT2D eigenvalue weighted by molar-refractivity contribution is -0.149. The molecule has 0 radical (unpaired) electrons. The number of rotatable bonds is 4. The van der Waals surface area contributed by atoms with Crippen molar-refractivity contribution in [2.45, 2.75) is 26.2 Å². The van der Waals surface area contributed by atoms with Gasteiger partial charge in [0.1, 0.15) is 5.82 Å². The highest BCUT2D eigenvalue weighted by Crippen LogP contribution is 2.17. The number of hydrogen-bond donors (Lipinski definition) is 0. The Balaban J connectivity index is 1.80. The Labute approximate surface area is 110 Å². The standard InChI is InChI=1S/C12H19F3N4/c1-2-19-4-3-16-11(19)9-17-5-7-18(8-6-17)10-12(13,14)15/h3-4H,2,5-10H2,1H3. The Bertz CT molecular complexity index is 394. The van der Waals surface area contributed by atoms with Crippen LogP contribution in [-0.2, 0) is 13.1 Å². The average molecular weight is 276 g/mol. The molecule has 0 amide bonds. The summed E-state index contributed by atoms with van der Waals surface area (Å²) in [7, 11) is 0. The summed E-state index contributed by atoms with van der Waals surface area (Å²) in [6, 6.07) is 0. The van der Waals surface area contributed by atoms with Crippen LogP contribution < -0.4 is 0 Å². The van der Waals surface area contributed by atoms with Crippen LogP contribution in [0.15, 0.2) is 12.4 Å². The lowest BCUT2D eigenvalue weighted by Crippen LogP contribution is -2.48. The van der Waals surface area contributed by atoms with Crippen molar-refractivity contribution in [3.05, 3.63) is 18.2 Å². The second kappa shape index (κ2) is 5.92. The maximum Gasteiger partial charge on any atom is 0.401 e. The van der Waals surface area contributed by atoms with Gasteiger partial charge < -0.3 is 4.57 Å². The van der Waals surface area contributed by atoms with Crippen LogP contribution in [0.1, 0.15) is 12.7 Å². The first-order chi connectivity index (χ1) is 8.98. The summed E-state index contributed by atoms with van der Waals surface area (Å²) in [5.41, 5.74) is 0. The summed E-state index contributed by atoms with van der Waals surface area (Å²) >= 11 is 0. The highest BCUT2D eigenvalue weighted by Gasteiger charge is 2.32. The van der Waals surface area contributed by atoms with Crippen molar-refractivity contribution >= 4 is 0 Å². The van der Waals surface area contributed by atoms with E-state index < -0.39 is 12.7 Å². The molecule has 1 saturated heterocycles. The van der Waals surface area contributed by atoms with E-state index in [4.69, 9.17) is 0 Å². The van der Waals surface area contributed by atoms with Crippen LogP contribution in [0.4, 0.5) is 13.2 Å². The number of halogens is 3. The van der Waals surface area contributed by atoms with Gasteiger partial charge in [-0.3, -0.25) is 9.80 Å². The summed E-state index contributed by atoms with van der Waals surface area (Å²) in [5, 5.41) is 0. The molecular weight excluding hydrogens is 257 g/mol. The van der Waals surface area contributed by atoms with Gasteiger partial charge in [0.15, 0.2) is 0 Å². The van der Waals surface area contributed by atoms with E-state index in [0.717, 1.165) is 12.4 Å². The van der Waals surface area contributed by atoms with Crippen LogP contribution in [0.3, 0.4) is 0 Å². The van der Waals surface area contributed by atoms with Gasteiger partial charge in [-0.05, 0) is 6.92 Å². The fourth-order valence-electron chi connectivity index (χ4n) is 2.34. The Morgan fingerprint density at radius 1 is 1.16 bits per heavy atom. The van der Waals surface area contributed by atoms with Crippen molar-refractivity contribution in [1.82, 2.24) is 19.4 Å². The molecule has 7 heteroatoms. The average Bonchev–Trinajstić information content (AvgIpc) is 2.77. The molecule has 1 aliphatic heterocycles. The zero-order valence-corrected chi connectivity index (χ0v) is 11.0. The second-order valence-corrected chi connectivity index (χ2v) is 4.80. The maximum absolute atomic E-state index is 12.3. The minimum absolute atomic E-state index is 0.465. The number of aromatic nitrogens is 2. The smallest absolute Gasteiger partial charge is 0.334 e. The minimum Gasteiger partial charge on any atom is -0.334 e. The minimum atomic E-state index is -4.10. The predicted octanol–water partition coefficient (Wildman–Crippen LogP) is 1.58. The summed E-state index contributed by atoms with van der Waals surface area (Å²) in [5.74, 6) is 0.978. The molecule has 0 atom stereocenters. The maximum atomic E-state index is 12.3. The first-order valence-electron chi connectivity index (χ1n) is 6.49. The number of aryl methyl sites for hydroxylation is 1. The van der Waals surface area contributed by atoms with E-state index >= 15 is 0 Å². The van der Waals surface area contributed by atoms with Crippen molar-refractivity contribution in [2.75, 3.05) is 32.7 Å². The molecule has 0 N–H and O–H groups in total. The van der Waals surface area contributed by atoms with Crippen molar-refractivity contribution < 1.29 is 13.2 Å². The number of nitrogens with zero attached hydrogens (tertiary/aromatic N) is 4. The van der Waals surface area contributed by atoms with Crippen molar-refractivity contribution in [3.63, 3.8) is 0 Å². The fourth-order valence-corrected chi connectivity index (χ4v) is 2.34. The Kier molecular flexibility index (Phi) is 4.46. The largest absolute Gasteiger partial charge is 0.401 e. The third kappa shape index (κ3) is 4.21. The number of alkyl halides is 3. The van der Waals surface area contributed by atoms with Crippen LogP contribution >= 0.6 is 0 Å². The summed E-state index contributed by atoms with van der Waals surface area (Å²) in [4.78, 5) is 7.90. The zero-order chi connectivity index (χ0) is 13.9. The van der Waals surface area contributed by atoms with Crippen LogP contribution in [0.25, 0.3) is 0 Å². The number of hydrogen-bond acceptors (Lipinski definition) is 3. The Morgan fingerprint density at radius 3 is 2.37 bits per heavy atom. The third-order valence-corrected chi connectivity index (χ3v) is 3.38. The van der Waals surface area contributed by atoms with Crippen LogP contribution in [0.2, 0.25) is 0 Å². The highest BCUT2D eigenvalue weighted by molar-refractivity contribution is 4.92. The van der Waals surface area contributed by atoms with Crippen molar-refractivity contribution in [3.8, 4) is 0 Å². The van der Waals surface area contributed by atoms with Gasteiger partial charge in [-0.2, -0.15) is 13.2 Å². The van der Waals surface area contributed by atoms with Gasteiger partial charge in [0.25, 0.3) is 0 Å². The molecule has 0 spiro atoms. The first-order valence-corrected chi connectivity index (χ1v) is 6.49. The van der Waals surface area contributed by atoms with Gasteiger partial charge in [0.05, 0.1) is 13.1 Å². The molecule has 0 aliphatic carbocycles. The lowest BCUT2D eigenvalue weighted by Gasteiger charge is -2.34. The molecule has 1 fully saturated rings. The Hall–Kier alpha value is -1.08. The van der Waals surface area contributed by atoms with E-state index in [1.165, 1.54) is 4.90 Å². The lowest BCUT2D eigenvalue weighted by atomic mass is 10.3. The molecule has 0 unspecified atom stereocenters. The molecular formula is C12H19F3N4. The van der Waals surface area contributed by atoms with E-state index in [2.05, 4.69) is 14.5 Å². The molecule has 2 heterocycles. The highest BCUT2D eigenvalue weighted by atomic mass is 19.4. The SMILES string of the molecule is CCn1ccnc1CN1CCN(CC(F)(F)F)CC1. The van der Waals surface area contributed by atoms with Gasteiger partial charge in [0.2, 0.25) is 0 Å². The fraction of sp³-hybridized carbons (Fsp3) is 0.750. The molecule has 1 aromatic heterocycles. The van der Waals surface area contributed by atoms with E-state index in [9.17, 15) is 13.2 Å². The predicted molar refractivity (Wildman–Crippen MR) is 65.7 cm³/mol. The van der Waals surface area contributed by atoms with Gasteiger partial charge >= 0.3 is 6.18 Å². The van der Waals surface area contributed by atoms with Crippen LogP contribution in [-0.4, -0.2) is 58.3 Å². The van der Waals surface area contributed by atoms with Gasteiger partial charge in [0, 0.05) is 45.1 Å². The molecule has 4 nitrogen and oxygen atoms in total. The summed E-state index contributed by atoms with van der Waals surface area (Å²) < 4.78 is 38.9. The zero-order valence-electron chi connectivity index (χ0n) is 11.0. The topological polar surface area (TPSA) is 24.3 Å². The Morgan fingerprint density at radius 2 is 1.79 bits per heavy atom. The monoisotopic (exact) mass is 276 g/mol. The quantitative estimate of drug-likeness (QED) is 0.834. The molecule has 19 heavy (non-hydrogen) atoms. The van der Waals surface area contributed by atoms with Gasteiger partial charge in [-0.1, -0.05) is 0 Å². The summed E-state index contributed by atoms with van der Waals surface area (Å²) in [6.45, 7) is 5.07. The molecule has 0 saturated carbocycles. The summed E-state index contributed by atoms with van der Waals surface area (Å²) in [6.07, 6.45) is -0.408. The van der Waals surface area contributed by atoms with Crippen LogP contribution in [0.5, 0.6) is 0 Å². The van der Waals surface area contributed by atoms with E-state index in [-0.39, 0.29) is 0 Å². The normalized spacial score (nSPS) is 18.9. The van der Waals surface area contributed by atoms with Gasteiger partial charge in [-0.15, -0.1) is 0 Å². The van der Waals surface area contributed by atoms with Crippen molar-refractivity contribution in [1.29, 1.82) is 0 Å². The molecule has 2 rings (SSSR count). The van der Waals surface area contributed by atoms with Crippen LogP contribution in [0, 0.1) is 0 Å². The molecule has 0 aromatic carbocycles. The van der Waals surface area contributed by atoms with E-state index in [0.29, 0.717) is 32.7 Å². The van der Waals surface area contributed by atoms with Gasteiger partial charge in [-0.25, -0.2) is 4.98 Å². The van der Waals surface area contributed by atoms with E-state index in [1.807, 2.05) is 13.1 Å². The van der Waals surface area contributed by atoms with E-state index in [1.54, 1.807) is 6.20 Å². The first kappa shape index (κ1) is 14.3. The number of imidazole rings is 1.